The average molecular weight is 445 g/mol. The Labute approximate surface area is 187 Å². The molecule has 0 spiro atoms. The molecule has 0 atom stereocenters. The molecule has 2 aromatic carbocycles. The van der Waals surface area contributed by atoms with E-state index in [2.05, 4.69) is 6.58 Å². The molecule has 0 N–H and O–H groups in total. The van der Waals surface area contributed by atoms with E-state index in [0.717, 1.165) is 11.1 Å². The van der Waals surface area contributed by atoms with Crippen LogP contribution in [-0.2, 0) is 32.1 Å². The number of carbonyl (C=O) groups is 2. The Morgan fingerprint density at radius 3 is 2.35 bits per heavy atom. The number of hydrogen-bond donors (Lipinski definition) is 0. The Bertz CT molecular complexity index is 962. The van der Waals surface area contributed by atoms with Crippen LogP contribution in [0.2, 0.25) is 5.02 Å². The molecule has 7 heteroatoms. The fourth-order valence-electron chi connectivity index (χ4n) is 2.87. The van der Waals surface area contributed by atoms with E-state index in [9.17, 15) is 9.59 Å². The van der Waals surface area contributed by atoms with Crippen LogP contribution in [-0.4, -0.2) is 32.8 Å². The lowest BCUT2D eigenvalue weighted by molar-refractivity contribution is -0.143. The van der Waals surface area contributed by atoms with Gasteiger partial charge in [-0.25, -0.2) is 9.59 Å². The summed E-state index contributed by atoms with van der Waals surface area (Å²) in [6, 6.07) is 10.9. The molecule has 31 heavy (non-hydrogen) atoms. The Hall–Kier alpha value is -3.25. The topological polar surface area (TPSA) is 71.1 Å². The molecule has 0 fully saturated rings. The minimum absolute atomic E-state index is 0.232. The maximum atomic E-state index is 12.0. The third-order valence-electron chi connectivity index (χ3n) is 4.21. The summed E-state index contributed by atoms with van der Waals surface area (Å²) >= 11 is 6.06. The average Bonchev–Trinajstić information content (AvgIpc) is 2.76. The van der Waals surface area contributed by atoms with Crippen LogP contribution in [0.5, 0.6) is 11.5 Å². The van der Waals surface area contributed by atoms with E-state index in [1.54, 1.807) is 24.3 Å². The third kappa shape index (κ3) is 6.62. The van der Waals surface area contributed by atoms with Gasteiger partial charge in [0.1, 0.15) is 12.2 Å². The maximum absolute atomic E-state index is 12.0. The van der Waals surface area contributed by atoms with Gasteiger partial charge in [0, 0.05) is 10.6 Å². The highest BCUT2D eigenvalue weighted by atomic mass is 35.5. The molecule has 164 valence electrons. The van der Waals surface area contributed by atoms with Crippen LogP contribution in [0.1, 0.15) is 23.6 Å². The van der Waals surface area contributed by atoms with E-state index < -0.39 is 11.9 Å². The molecule has 2 aromatic rings. The van der Waals surface area contributed by atoms with Gasteiger partial charge in [-0.15, -0.1) is 6.58 Å². The lowest BCUT2D eigenvalue weighted by Crippen LogP contribution is -2.15. The summed E-state index contributed by atoms with van der Waals surface area (Å²) in [7, 11) is 2.39. The summed E-state index contributed by atoms with van der Waals surface area (Å²) in [6.45, 7) is 6.34. The quantitative estimate of drug-likeness (QED) is 0.173. The fourth-order valence-corrected chi connectivity index (χ4v) is 3.08. The molecule has 0 radical (unpaired) electrons. The lowest BCUT2D eigenvalue weighted by atomic mass is 10.0. The normalized spacial score (nSPS) is 10.1. The van der Waals surface area contributed by atoms with Crippen LogP contribution in [0, 0.1) is 0 Å². The highest BCUT2D eigenvalue weighted by molar-refractivity contribution is 6.30. The van der Waals surface area contributed by atoms with Crippen LogP contribution < -0.4 is 9.47 Å². The summed E-state index contributed by atoms with van der Waals surface area (Å²) in [4.78, 5) is 24.0. The molecule has 2 rings (SSSR count). The number of methoxy groups -OCH3 is 2. The van der Waals surface area contributed by atoms with Gasteiger partial charge in [-0.05, 0) is 54.8 Å². The first-order valence-electron chi connectivity index (χ1n) is 9.59. The molecule has 0 heterocycles. The third-order valence-corrected chi connectivity index (χ3v) is 4.45. The summed E-state index contributed by atoms with van der Waals surface area (Å²) in [5.41, 5.74) is 2.01. The predicted molar refractivity (Wildman–Crippen MR) is 119 cm³/mol. The van der Waals surface area contributed by atoms with Crippen molar-refractivity contribution in [2.75, 3.05) is 20.8 Å². The molecule has 0 unspecified atom stereocenters. The summed E-state index contributed by atoms with van der Waals surface area (Å²) < 4.78 is 21.2. The van der Waals surface area contributed by atoms with Crippen LogP contribution >= 0.6 is 11.6 Å². The summed E-state index contributed by atoms with van der Waals surface area (Å²) in [5.74, 6) is -0.562. The highest BCUT2D eigenvalue weighted by Crippen LogP contribution is 2.35. The number of hydrogen-bond acceptors (Lipinski definition) is 6. The van der Waals surface area contributed by atoms with E-state index >= 15 is 0 Å². The van der Waals surface area contributed by atoms with Crippen LogP contribution in [0.4, 0.5) is 0 Å². The smallest absolute Gasteiger partial charge is 0.345 e. The molecule has 6 nitrogen and oxygen atoms in total. The molecule has 0 aliphatic heterocycles. The number of carbonyl (C=O) groups excluding carboxylic acids is 2. The minimum atomic E-state index is -0.795. The number of allylic oxidation sites excluding steroid dienone is 1. The van der Waals surface area contributed by atoms with Crippen molar-refractivity contribution in [2.45, 2.75) is 20.0 Å². The number of halogens is 1. The van der Waals surface area contributed by atoms with Crippen molar-refractivity contribution in [2.24, 2.45) is 0 Å². The Morgan fingerprint density at radius 2 is 1.77 bits per heavy atom. The second-order valence-electron chi connectivity index (χ2n) is 6.39. The van der Waals surface area contributed by atoms with Gasteiger partial charge in [-0.1, -0.05) is 29.8 Å². The Kier molecular flexibility index (Phi) is 9.15. The van der Waals surface area contributed by atoms with Gasteiger partial charge in [-0.2, -0.15) is 0 Å². The zero-order valence-corrected chi connectivity index (χ0v) is 18.5. The fraction of sp³-hybridized carbons (Fsp3) is 0.250. The van der Waals surface area contributed by atoms with E-state index in [1.165, 1.54) is 20.3 Å². The standard InChI is InChI=1S/C24H25ClO6/c1-5-8-18-11-17(13-20(23(26)28-3)24(27)29-4)14-21(30-6-2)22(18)31-15-16-9-7-10-19(25)12-16/h5,7,9-14H,1,6,8,15H2,2-4H3. The molecule has 0 aromatic heterocycles. The first-order chi connectivity index (χ1) is 14.9. The lowest BCUT2D eigenvalue weighted by Gasteiger charge is -2.17. The van der Waals surface area contributed by atoms with Crippen LogP contribution in [0.15, 0.2) is 54.6 Å². The van der Waals surface area contributed by atoms with Gasteiger partial charge in [0.25, 0.3) is 0 Å². The second-order valence-corrected chi connectivity index (χ2v) is 6.83. The molecule has 0 amide bonds. The molecule has 0 aliphatic carbocycles. The SMILES string of the molecule is C=CCc1cc(C=C(C(=O)OC)C(=O)OC)cc(OCC)c1OCc1cccc(Cl)c1. The molecular weight excluding hydrogens is 420 g/mol. The zero-order chi connectivity index (χ0) is 22.8. The van der Waals surface area contributed by atoms with E-state index in [1.807, 2.05) is 25.1 Å². The van der Waals surface area contributed by atoms with Crippen molar-refractivity contribution in [3.05, 3.63) is 76.3 Å². The number of ether oxygens (including phenoxy) is 4. The van der Waals surface area contributed by atoms with E-state index in [4.69, 9.17) is 30.5 Å². The summed E-state index contributed by atoms with van der Waals surface area (Å²) in [5, 5.41) is 0.621. The van der Waals surface area contributed by atoms with Crippen molar-refractivity contribution >= 4 is 29.6 Å². The highest BCUT2D eigenvalue weighted by Gasteiger charge is 2.21. The molecule has 0 aliphatic rings. The van der Waals surface area contributed by atoms with Crippen molar-refractivity contribution in [3.63, 3.8) is 0 Å². The first kappa shape index (κ1) is 24.0. The van der Waals surface area contributed by atoms with Crippen molar-refractivity contribution < 1.29 is 28.5 Å². The number of benzene rings is 2. The monoisotopic (exact) mass is 444 g/mol. The van der Waals surface area contributed by atoms with Gasteiger partial charge in [0.05, 0.1) is 20.8 Å². The summed E-state index contributed by atoms with van der Waals surface area (Å²) in [6.07, 6.45) is 3.61. The number of esters is 2. The molecule has 0 saturated heterocycles. The van der Waals surface area contributed by atoms with Crippen molar-refractivity contribution in [1.82, 2.24) is 0 Å². The zero-order valence-electron chi connectivity index (χ0n) is 17.8. The van der Waals surface area contributed by atoms with Crippen molar-refractivity contribution in [3.8, 4) is 11.5 Å². The second kappa shape index (κ2) is 11.8. The van der Waals surface area contributed by atoms with Crippen LogP contribution in [0.3, 0.4) is 0 Å². The van der Waals surface area contributed by atoms with Crippen LogP contribution in [0.25, 0.3) is 6.08 Å². The molecule has 0 bridgehead atoms. The predicted octanol–water partition coefficient (Wildman–Crippen LogP) is 4.78. The maximum Gasteiger partial charge on any atom is 0.345 e. The molecule has 0 saturated carbocycles. The van der Waals surface area contributed by atoms with Crippen molar-refractivity contribution in [1.29, 1.82) is 0 Å². The van der Waals surface area contributed by atoms with E-state index in [0.29, 0.717) is 35.1 Å². The first-order valence-corrected chi connectivity index (χ1v) is 9.97. The van der Waals surface area contributed by atoms with E-state index in [-0.39, 0.29) is 12.2 Å². The largest absolute Gasteiger partial charge is 0.490 e. The van der Waals surface area contributed by atoms with Gasteiger partial charge in [0.2, 0.25) is 0 Å². The van der Waals surface area contributed by atoms with Gasteiger partial charge in [0.15, 0.2) is 11.5 Å². The minimum Gasteiger partial charge on any atom is -0.490 e. The van der Waals surface area contributed by atoms with Gasteiger partial charge >= 0.3 is 11.9 Å². The van der Waals surface area contributed by atoms with Gasteiger partial charge in [-0.3, -0.25) is 0 Å². The Balaban J connectivity index is 2.50. The number of rotatable bonds is 10. The Morgan fingerprint density at radius 1 is 1.06 bits per heavy atom. The van der Waals surface area contributed by atoms with Gasteiger partial charge < -0.3 is 18.9 Å². The molecular formula is C24H25ClO6.